The molecule has 0 bridgehead atoms. The summed E-state index contributed by atoms with van der Waals surface area (Å²) in [5.41, 5.74) is 5.76. The molecular weight excluding hydrogens is 238 g/mol. The summed E-state index contributed by atoms with van der Waals surface area (Å²) in [6.45, 7) is -0.274. The van der Waals surface area contributed by atoms with Gasteiger partial charge < -0.3 is 20.5 Å². The summed E-state index contributed by atoms with van der Waals surface area (Å²) in [5, 5.41) is 18.4. The van der Waals surface area contributed by atoms with Crippen LogP contribution < -0.4 is 11.3 Å². The normalized spacial score (nSPS) is 24.3. The van der Waals surface area contributed by atoms with Gasteiger partial charge in [-0.3, -0.25) is 9.78 Å². The van der Waals surface area contributed by atoms with Crippen LogP contribution in [0.5, 0.6) is 0 Å². The second kappa shape index (κ2) is 3.79. The van der Waals surface area contributed by atoms with Gasteiger partial charge in [0, 0.05) is 12.0 Å². The lowest BCUT2D eigenvalue weighted by molar-refractivity contribution is 0.0742. The molecule has 0 aromatic carbocycles. The van der Waals surface area contributed by atoms with Crippen molar-refractivity contribution >= 4 is 17.1 Å². The van der Waals surface area contributed by atoms with Crippen LogP contribution in [0.25, 0.3) is 11.2 Å². The van der Waals surface area contributed by atoms with Crippen LogP contribution in [-0.4, -0.2) is 42.4 Å². The molecule has 0 unspecified atom stereocenters. The van der Waals surface area contributed by atoms with Gasteiger partial charge in [-0.1, -0.05) is 0 Å². The van der Waals surface area contributed by atoms with Crippen LogP contribution in [0.4, 0.5) is 5.95 Å². The number of aliphatic hydroxyl groups is 2. The number of hydrogen-bond donors (Lipinski definition) is 4. The summed E-state index contributed by atoms with van der Waals surface area (Å²) >= 11 is 0. The first-order valence-electron chi connectivity index (χ1n) is 5.63. The van der Waals surface area contributed by atoms with Gasteiger partial charge in [0.1, 0.15) is 0 Å². The van der Waals surface area contributed by atoms with Gasteiger partial charge in [0.05, 0.1) is 19.0 Å². The first kappa shape index (κ1) is 11.2. The molecule has 2 aromatic heterocycles. The molecule has 8 nitrogen and oxygen atoms in total. The maximum Gasteiger partial charge on any atom is 0.280 e. The highest BCUT2D eigenvalue weighted by atomic mass is 16.3. The van der Waals surface area contributed by atoms with Gasteiger partial charge >= 0.3 is 0 Å². The van der Waals surface area contributed by atoms with E-state index < -0.39 is 6.10 Å². The fourth-order valence-electron chi connectivity index (χ4n) is 2.25. The maximum atomic E-state index is 11.6. The number of rotatable bonds is 3. The highest BCUT2D eigenvalue weighted by Crippen LogP contribution is 2.46. The number of nitrogens with one attached hydrogen (secondary N) is 1. The molecule has 3 rings (SSSR count). The van der Waals surface area contributed by atoms with Gasteiger partial charge in [0.25, 0.3) is 5.56 Å². The van der Waals surface area contributed by atoms with Crippen LogP contribution in [0.2, 0.25) is 0 Å². The van der Waals surface area contributed by atoms with Crippen LogP contribution >= 0.6 is 0 Å². The summed E-state index contributed by atoms with van der Waals surface area (Å²) in [6, 6.07) is 0.00542. The van der Waals surface area contributed by atoms with Crippen molar-refractivity contribution in [1.82, 2.24) is 19.5 Å². The average Bonchev–Trinajstić information content (AvgIpc) is 3.01. The summed E-state index contributed by atoms with van der Waals surface area (Å²) in [4.78, 5) is 22.0. The van der Waals surface area contributed by atoms with E-state index >= 15 is 0 Å². The molecule has 8 heteroatoms. The van der Waals surface area contributed by atoms with Crippen LogP contribution in [0.3, 0.4) is 0 Å². The van der Waals surface area contributed by atoms with E-state index in [1.54, 1.807) is 4.57 Å². The van der Waals surface area contributed by atoms with Gasteiger partial charge in [-0.25, -0.2) is 4.98 Å². The molecule has 1 saturated carbocycles. The number of fused-ring (bicyclic) bond motifs is 1. The van der Waals surface area contributed by atoms with E-state index in [4.69, 9.17) is 10.8 Å². The second-order valence-electron chi connectivity index (χ2n) is 4.49. The Balaban J connectivity index is 2.02. The SMILES string of the molecule is Nc1nc2c(ncn2[C@H]2C[C@H]2[C@H](O)CO)c(=O)[nH]1. The lowest BCUT2D eigenvalue weighted by Crippen LogP contribution is -2.17. The van der Waals surface area contributed by atoms with Crippen molar-refractivity contribution in [1.29, 1.82) is 0 Å². The number of nitrogens with two attached hydrogens (primary N) is 1. The molecule has 0 spiro atoms. The fraction of sp³-hybridized carbons (Fsp3) is 0.500. The Hall–Kier alpha value is -1.93. The Kier molecular flexibility index (Phi) is 2.35. The largest absolute Gasteiger partial charge is 0.394 e. The van der Waals surface area contributed by atoms with Crippen LogP contribution in [0.15, 0.2) is 11.1 Å². The first-order valence-corrected chi connectivity index (χ1v) is 5.63. The third-order valence-corrected chi connectivity index (χ3v) is 3.29. The van der Waals surface area contributed by atoms with Gasteiger partial charge in [-0.15, -0.1) is 0 Å². The molecule has 0 aliphatic heterocycles. The number of anilines is 1. The van der Waals surface area contributed by atoms with E-state index in [1.807, 2.05) is 0 Å². The molecule has 96 valence electrons. The molecule has 2 aromatic rings. The van der Waals surface area contributed by atoms with E-state index in [0.29, 0.717) is 5.65 Å². The predicted octanol–water partition coefficient (Wildman–Crippen LogP) is -1.38. The van der Waals surface area contributed by atoms with E-state index in [-0.39, 0.29) is 35.6 Å². The van der Waals surface area contributed by atoms with Crippen molar-refractivity contribution in [2.24, 2.45) is 5.92 Å². The fourth-order valence-corrected chi connectivity index (χ4v) is 2.25. The summed E-state index contributed by atoms with van der Waals surface area (Å²) in [6.07, 6.45) is 1.48. The molecule has 2 heterocycles. The standard InChI is InChI=1S/C10H13N5O3/c11-10-13-8-7(9(18)14-10)12-3-15(8)5-1-4(5)6(17)2-16/h3-6,16-17H,1-2H2,(H3,11,13,14,18)/t4-,5+,6-/m1/s1. The third kappa shape index (κ3) is 1.57. The molecule has 0 saturated heterocycles. The topological polar surface area (TPSA) is 130 Å². The number of imidazole rings is 1. The first-order chi connectivity index (χ1) is 8.61. The molecule has 1 aliphatic carbocycles. The minimum atomic E-state index is -0.758. The smallest absolute Gasteiger partial charge is 0.280 e. The number of H-pyrrole nitrogens is 1. The van der Waals surface area contributed by atoms with Crippen molar-refractivity contribution in [3.8, 4) is 0 Å². The number of nitrogens with zero attached hydrogens (tertiary/aromatic N) is 3. The molecular formula is C10H13N5O3. The maximum absolute atomic E-state index is 11.6. The lowest BCUT2D eigenvalue weighted by atomic mass is 10.2. The van der Waals surface area contributed by atoms with Crippen molar-refractivity contribution < 1.29 is 10.2 Å². The zero-order valence-corrected chi connectivity index (χ0v) is 9.45. The molecule has 0 radical (unpaired) electrons. The number of hydrogen-bond acceptors (Lipinski definition) is 6. The number of aliphatic hydroxyl groups excluding tert-OH is 2. The van der Waals surface area contributed by atoms with Gasteiger partial charge in [0.15, 0.2) is 11.2 Å². The average molecular weight is 251 g/mol. The van der Waals surface area contributed by atoms with Crippen LogP contribution in [0, 0.1) is 5.92 Å². The minimum Gasteiger partial charge on any atom is -0.394 e. The van der Waals surface area contributed by atoms with Crippen molar-refractivity contribution in [3.05, 3.63) is 16.7 Å². The molecule has 5 N–H and O–H groups in total. The van der Waals surface area contributed by atoms with Crippen molar-refractivity contribution in [2.45, 2.75) is 18.6 Å². The summed E-state index contributed by atoms with van der Waals surface area (Å²) < 4.78 is 1.73. The van der Waals surface area contributed by atoms with E-state index in [2.05, 4.69) is 15.0 Å². The van der Waals surface area contributed by atoms with E-state index in [1.165, 1.54) is 6.33 Å². The Morgan fingerprint density at radius 3 is 3.17 bits per heavy atom. The summed E-state index contributed by atoms with van der Waals surface area (Å²) in [5.74, 6) is 0.00358. The second-order valence-corrected chi connectivity index (χ2v) is 4.49. The Morgan fingerprint density at radius 1 is 1.67 bits per heavy atom. The molecule has 1 fully saturated rings. The Bertz CT molecular complexity index is 648. The van der Waals surface area contributed by atoms with Gasteiger partial charge in [-0.2, -0.15) is 4.98 Å². The highest BCUT2D eigenvalue weighted by molar-refractivity contribution is 5.70. The van der Waals surface area contributed by atoms with Crippen LogP contribution in [0.1, 0.15) is 12.5 Å². The zero-order valence-electron chi connectivity index (χ0n) is 9.45. The number of nitrogen functional groups attached to an aromatic ring is 1. The Labute approximate surface area is 101 Å². The molecule has 1 aliphatic rings. The molecule has 3 atom stereocenters. The summed E-state index contributed by atoms with van der Waals surface area (Å²) in [7, 11) is 0. The quantitative estimate of drug-likeness (QED) is 0.531. The molecule has 0 amide bonds. The van der Waals surface area contributed by atoms with E-state index in [9.17, 15) is 9.90 Å². The number of aromatic nitrogens is 4. The van der Waals surface area contributed by atoms with Gasteiger partial charge in [0.2, 0.25) is 5.95 Å². The van der Waals surface area contributed by atoms with Crippen LogP contribution in [-0.2, 0) is 0 Å². The lowest BCUT2D eigenvalue weighted by Gasteiger charge is -2.07. The minimum absolute atomic E-state index is 0.00542. The Morgan fingerprint density at radius 2 is 2.44 bits per heavy atom. The third-order valence-electron chi connectivity index (χ3n) is 3.29. The van der Waals surface area contributed by atoms with Gasteiger partial charge in [-0.05, 0) is 6.42 Å². The highest BCUT2D eigenvalue weighted by Gasteiger charge is 2.44. The monoisotopic (exact) mass is 251 g/mol. The number of aromatic amines is 1. The molecule has 18 heavy (non-hydrogen) atoms. The zero-order chi connectivity index (χ0) is 12.9. The van der Waals surface area contributed by atoms with Crippen molar-refractivity contribution in [3.63, 3.8) is 0 Å². The van der Waals surface area contributed by atoms with E-state index in [0.717, 1.165) is 6.42 Å². The predicted molar refractivity (Wildman–Crippen MR) is 62.8 cm³/mol. The van der Waals surface area contributed by atoms with Crippen molar-refractivity contribution in [2.75, 3.05) is 12.3 Å².